The molecular formula is C27H37ClN4O6. The quantitative estimate of drug-likeness (QED) is 0.158. The van der Waals surface area contributed by atoms with Crippen molar-refractivity contribution >= 4 is 23.5 Å². The number of nitrogens with one attached hydrogen (secondary N) is 1. The molecule has 2 aromatic rings. The van der Waals surface area contributed by atoms with Gasteiger partial charge in [-0.2, -0.15) is 0 Å². The zero-order chi connectivity index (χ0) is 27.3. The van der Waals surface area contributed by atoms with Crippen LogP contribution in [-0.2, 0) is 36.8 Å². The molecule has 0 aliphatic carbocycles. The number of ether oxygens (including phenoxy) is 4. The molecule has 10 nitrogen and oxygen atoms in total. The summed E-state index contributed by atoms with van der Waals surface area (Å²) in [5.74, 6) is -0.280. The molecule has 0 radical (unpaired) electrons. The van der Waals surface area contributed by atoms with Gasteiger partial charge in [-0.15, -0.1) is 0 Å². The average molecular weight is 549 g/mol. The number of nitrogens with two attached hydrogens (primary N) is 2. The number of amides is 1. The SMILES string of the molecule is CO[C@H]1[C@H](O)[C@@H](COCc2ccc(Cl)cc2)OC(OCCc2ccccc2)[C@@H]1NC(=O)CCCN=C(N)N. The lowest BCUT2D eigenvalue weighted by Crippen LogP contribution is -2.65. The van der Waals surface area contributed by atoms with Crippen LogP contribution >= 0.6 is 11.6 Å². The van der Waals surface area contributed by atoms with Crippen LogP contribution in [0.15, 0.2) is 59.6 Å². The van der Waals surface area contributed by atoms with E-state index in [4.69, 9.17) is 42.0 Å². The van der Waals surface area contributed by atoms with Crippen molar-refractivity contribution in [2.24, 2.45) is 16.5 Å². The van der Waals surface area contributed by atoms with E-state index >= 15 is 0 Å². The molecule has 0 aromatic heterocycles. The largest absolute Gasteiger partial charge is 0.388 e. The highest BCUT2D eigenvalue weighted by Gasteiger charge is 2.47. The lowest BCUT2D eigenvalue weighted by atomic mass is 9.96. The van der Waals surface area contributed by atoms with Gasteiger partial charge in [0.25, 0.3) is 0 Å². The van der Waals surface area contributed by atoms with E-state index in [0.29, 0.717) is 37.6 Å². The topological polar surface area (TPSA) is 151 Å². The first-order valence-electron chi connectivity index (χ1n) is 12.6. The van der Waals surface area contributed by atoms with E-state index in [1.54, 1.807) is 12.1 Å². The lowest BCUT2D eigenvalue weighted by Gasteiger charge is -2.44. The van der Waals surface area contributed by atoms with Gasteiger partial charge in [-0.3, -0.25) is 9.79 Å². The van der Waals surface area contributed by atoms with Crippen molar-refractivity contribution in [1.82, 2.24) is 5.32 Å². The van der Waals surface area contributed by atoms with Crippen LogP contribution in [0.25, 0.3) is 0 Å². The average Bonchev–Trinajstić information content (AvgIpc) is 2.90. The highest BCUT2D eigenvalue weighted by Crippen LogP contribution is 2.25. The number of nitrogens with zero attached hydrogens (tertiary/aromatic N) is 1. The molecule has 1 heterocycles. The van der Waals surface area contributed by atoms with Crippen LogP contribution in [0.5, 0.6) is 0 Å². The van der Waals surface area contributed by atoms with Gasteiger partial charge in [0.15, 0.2) is 12.2 Å². The number of aliphatic hydroxyl groups is 1. The Labute approximate surface area is 228 Å². The van der Waals surface area contributed by atoms with Crippen LogP contribution in [0, 0.1) is 0 Å². The van der Waals surface area contributed by atoms with E-state index in [2.05, 4.69) is 10.3 Å². The van der Waals surface area contributed by atoms with Gasteiger partial charge in [-0.1, -0.05) is 54.1 Å². The molecule has 1 aliphatic heterocycles. The standard InChI is InChI=1S/C27H37ClN4O6/c1-35-25-23(32-22(33)8-5-14-31-27(29)30)26(37-15-13-18-6-3-2-4-7-18)38-21(24(25)34)17-36-16-19-9-11-20(28)12-10-19/h2-4,6-7,9-12,21,23-26,34H,5,8,13-17H2,1H3,(H,32,33)(H4,29,30,31)/t21-,23-,24-,25-,26?/m1/s1. The Balaban J connectivity index is 1.64. The first-order valence-corrected chi connectivity index (χ1v) is 12.9. The molecule has 1 unspecified atom stereocenters. The number of rotatable bonds is 14. The molecule has 2 aromatic carbocycles. The van der Waals surface area contributed by atoms with Crippen molar-refractivity contribution in [3.8, 4) is 0 Å². The summed E-state index contributed by atoms with van der Waals surface area (Å²) < 4.78 is 23.7. The molecule has 0 saturated carbocycles. The number of carbonyl (C=O) groups excluding carboxylic acids is 1. The Kier molecular flexibility index (Phi) is 12.3. The highest BCUT2D eigenvalue weighted by atomic mass is 35.5. The summed E-state index contributed by atoms with van der Waals surface area (Å²) in [6, 6.07) is 16.5. The van der Waals surface area contributed by atoms with E-state index in [1.807, 2.05) is 42.5 Å². The monoisotopic (exact) mass is 548 g/mol. The van der Waals surface area contributed by atoms with E-state index in [1.165, 1.54) is 7.11 Å². The number of methoxy groups -OCH3 is 1. The van der Waals surface area contributed by atoms with Gasteiger partial charge < -0.3 is 40.8 Å². The van der Waals surface area contributed by atoms with Gasteiger partial charge in [-0.05, 0) is 36.1 Å². The third-order valence-corrected chi connectivity index (χ3v) is 6.36. The first-order chi connectivity index (χ1) is 18.4. The van der Waals surface area contributed by atoms with Gasteiger partial charge in [0.05, 0.1) is 19.8 Å². The maximum absolute atomic E-state index is 12.7. The molecule has 1 aliphatic rings. The van der Waals surface area contributed by atoms with Gasteiger partial charge in [0.2, 0.25) is 5.91 Å². The molecular weight excluding hydrogens is 512 g/mol. The summed E-state index contributed by atoms with van der Waals surface area (Å²) >= 11 is 5.95. The van der Waals surface area contributed by atoms with Gasteiger partial charge in [0, 0.05) is 25.1 Å². The number of aliphatic hydroxyl groups excluding tert-OH is 1. The number of halogens is 1. The summed E-state index contributed by atoms with van der Waals surface area (Å²) in [5, 5.41) is 14.6. The van der Waals surface area contributed by atoms with E-state index in [9.17, 15) is 9.90 Å². The summed E-state index contributed by atoms with van der Waals surface area (Å²) in [6.45, 7) is 1.09. The fourth-order valence-electron chi connectivity index (χ4n) is 4.15. The van der Waals surface area contributed by atoms with Gasteiger partial charge >= 0.3 is 0 Å². The van der Waals surface area contributed by atoms with Gasteiger partial charge in [-0.25, -0.2) is 0 Å². The van der Waals surface area contributed by atoms with E-state index in [-0.39, 0.29) is 24.9 Å². The third-order valence-electron chi connectivity index (χ3n) is 6.11. The Hall–Kier alpha value is -2.73. The Morgan fingerprint density at radius 3 is 2.55 bits per heavy atom. The Morgan fingerprint density at radius 2 is 1.87 bits per heavy atom. The Bertz CT molecular complexity index is 1010. The number of aliphatic imine (C=N–C) groups is 1. The van der Waals surface area contributed by atoms with E-state index < -0.39 is 30.6 Å². The second-order valence-electron chi connectivity index (χ2n) is 8.99. The minimum Gasteiger partial charge on any atom is -0.388 e. The van der Waals surface area contributed by atoms with Gasteiger partial charge in [0.1, 0.15) is 24.4 Å². The van der Waals surface area contributed by atoms with Crippen molar-refractivity contribution in [3.63, 3.8) is 0 Å². The van der Waals surface area contributed by atoms with E-state index in [0.717, 1.165) is 11.1 Å². The molecule has 3 rings (SSSR count). The molecule has 1 saturated heterocycles. The predicted octanol–water partition coefficient (Wildman–Crippen LogP) is 1.76. The van der Waals surface area contributed by atoms with Crippen molar-refractivity contribution in [2.75, 3.05) is 26.9 Å². The molecule has 38 heavy (non-hydrogen) atoms. The molecule has 0 spiro atoms. The minimum atomic E-state index is -1.06. The van der Waals surface area contributed by atoms with Crippen molar-refractivity contribution < 1.29 is 28.8 Å². The molecule has 11 heteroatoms. The maximum Gasteiger partial charge on any atom is 0.220 e. The Morgan fingerprint density at radius 1 is 1.13 bits per heavy atom. The molecule has 5 atom stereocenters. The first kappa shape index (κ1) is 29.8. The number of benzene rings is 2. The zero-order valence-corrected chi connectivity index (χ0v) is 22.3. The molecule has 1 amide bonds. The lowest BCUT2D eigenvalue weighted by molar-refractivity contribution is -0.276. The van der Waals surface area contributed by atoms with Crippen molar-refractivity contribution in [2.45, 2.75) is 56.5 Å². The third kappa shape index (κ3) is 9.54. The summed E-state index contributed by atoms with van der Waals surface area (Å²) in [5.41, 5.74) is 12.7. The fourth-order valence-corrected chi connectivity index (χ4v) is 4.28. The van der Waals surface area contributed by atoms with Crippen LogP contribution in [0.4, 0.5) is 0 Å². The smallest absolute Gasteiger partial charge is 0.220 e. The second kappa shape index (κ2) is 15.6. The summed E-state index contributed by atoms with van der Waals surface area (Å²) in [7, 11) is 1.48. The molecule has 0 bridgehead atoms. The normalized spacial score (nSPS) is 23.1. The van der Waals surface area contributed by atoms with Crippen LogP contribution in [0.3, 0.4) is 0 Å². The van der Waals surface area contributed by atoms with Crippen LogP contribution < -0.4 is 16.8 Å². The van der Waals surface area contributed by atoms with Crippen LogP contribution in [-0.4, -0.2) is 74.5 Å². The van der Waals surface area contributed by atoms with Crippen molar-refractivity contribution in [1.29, 1.82) is 0 Å². The predicted molar refractivity (Wildman–Crippen MR) is 145 cm³/mol. The van der Waals surface area contributed by atoms with Crippen LogP contribution in [0.1, 0.15) is 24.0 Å². The number of hydrogen-bond acceptors (Lipinski definition) is 7. The number of hydrogen-bond donors (Lipinski definition) is 4. The number of carbonyl (C=O) groups is 1. The summed E-state index contributed by atoms with van der Waals surface area (Å²) in [6.07, 6.45) is -2.15. The minimum absolute atomic E-state index is 0.0233. The molecule has 1 fully saturated rings. The van der Waals surface area contributed by atoms with Crippen LogP contribution in [0.2, 0.25) is 5.02 Å². The number of guanidine groups is 1. The summed E-state index contributed by atoms with van der Waals surface area (Å²) in [4.78, 5) is 16.6. The fraction of sp³-hybridized carbons (Fsp3) is 0.481. The highest BCUT2D eigenvalue weighted by molar-refractivity contribution is 6.30. The zero-order valence-electron chi connectivity index (χ0n) is 21.5. The second-order valence-corrected chi connectivity index (χ2v) is 9.42. The molecule has 6 N–H and O–H groups in total. The van der Waals surface area contributed by atoms with Crippen molar-refractivity contribution in [3.05, 3.63) is 70.7 Å². The molecule has 208 valence electrons. The maximum atomic E-state index is 12.7.